The smallest absolute Gasteiger partial charge is 0.317 e. The highest BCUT2D eigenvalue weighted by molar-refractivity contribution is 5.74. The number of hydrogen-bond acceptors (Lipinski definition) is 3. The van der Waals surface area contributed by atoms with Gasteiger partial charge in [0.25, 0.3) is 0 Å². The van der Waals surface area contributed by atoms with E-state index in [1.54, 1.807) is 0 Å². The lowest BCUT2D eigenvalue weighted by atomic mass is 10.3. The molecule has 18 heavy (non-hydrogen) atoms. The van der Waals surface area contributed by atoms with E-state index in [4.69, 9.17) is 0 Å². The molecule has 0 bridgehead atoms. The van der Waals surface area contributed by atoms with Gasteiger partial charge in [-0.1, -0.05) is 0 Å². The van der Waals surface area contributed by atoms with Crippen LogP contribution in [0.2, 0.25) is 0 Å². The van der Waals surface area contributed by atoms with E-state index in [9.17, 15) is 4.79 Å². The van der Waals surface area contributed by atoms with Crippen LogP contribution in [0, 0.1) is 0 Å². The first-order valence-electron chi connectivity index (χ1n) is 7.08. The van der Waals surface area contributed by atoms with Crippen LogP contribution in [0.25, 0.3) is 0 Å². The van der Waals surface area contributed by atoms with Crippen molar-refractivity contribution in [2.75, 3.05) is 53.4 Å². The number of nitrogens with one attached hydrogen (secondary N) is 1. The Bertz CT molecular complexity index is 270. The lowest BCUT2D eigenvalue weighted by Crippen LogP contribution is -2.52. The van der Waals surface area contributed by atoms with Crippen molar-refractivity contribution in [3.63, 3.8) is 0 Å². The number of nitrogens with zero attached hydrogens (tertiary/aromatic N) is 3. The maximum absolute atomic E-state index is 11.9. The summed E-state index contributed by atoms with van der Waals surface area (Å²) in [4.78, 5) is 18.5. The molecule has 0 aromatic heterocycles. The van der Waals surface area contributed by atoms with E-state index in [0.29, 0.717) is 0 Å². The van der Waals surface area contributed by atoms with Gasteiger partial charge in [0.1, 0.15) is 0 Å². The molecule has 2 rings (SSSR count). The monoisotopic (exact) mass is 254 g/mol. The molecule has 5 nitrogen and oxygen atoms in total. The fourth-order valence-corrected chi connectivity index (χ4v) is 2.43. The van der Waals surface area contributed by atoms with Crippen LogP contribution in [0.1, 0.15) is 19.3 Å². The molecule has 2 aliphatic rings. The number of urea groups is 1. The highest BCUT2D eigenvalue weighted by Crippen LogP contribution is 2.27. The average molecular weight is 254 g/mol. The summed E-state index contributed by atoms with van der Waals surface area (Å²) < 4.78 is 0. The lowest BCUT2D eigenvalue weighted by molar-refractivity contribution is 0.134. The van der Waals surface area contributed by atoms with Gasteiger partial charge in [-0.3, -0.25) is 4.90 Å². The number of carbonyl (C=O) groups is 1. The fourth-order valence-electron chi connectivity index (χ4n) is 2.43. The zero-order valence-electron chi connectivity index (χ0n) is 11.7. The van der Waals surface area contributed by atoms with Crippen molar-refractivity contribution in [3.8, 4) is 0 Å². The van der Waals surface area contributed by atoms with Crippen molar-refractivity contribution in [2.45, 2.75) is 25.3 Å². The first-order chi connectivity index (χ1) is 8.66. The van der Waals surface area contributed by atoms with Crippen LogP contribution in [-0.4, -0.2) is 80.1 Å². The van der Waals surface area contributed by atoms with E-state index < -0.39 is 0 Å². The van der Waals surface area contributed by atoms with Gasteiger partial charge in [-0.15, -0.1) is 0 Å². The summed E-state index contributed by atoms with van der Waals surface area (Å²) in [6.45, 7) is 5.67. The van der Waals surface area contributed by atoms with E-state index >= 15 is 0 Å². The second-order valence-corrected chi connectivity index (χ2v) is 5.64. The summed E-state index contributed by atoms with van der Waals surface area (Å²) in [5.74, 6) is 0. The van der Waals surface area contributed by atoms with E-state index in [1.807, 2.05) is 4.90 Å². The first kappa shape index (κ1) is 13.6. The summed E-state index contributed by atoms with van der Waals surface area (Å²) in [7, 11) is 4.11. The van der Waals surface area contributed by atoms with Crippen LogP contribution in [0.15, 0.2) is 0 Å². The molecule has 104 valence electrons. The Morgan fingerprint density at radius 1 is 1.22 bits per heavy atom. The molecule has 0 radical (unpaired) electrons. The predicted molar refractivity (Wildman–Crippen MR) is 72.7 cm³/mol. The maximum atomic E-state index is 11.9. The molecule has 1 aliphatic carbocycles. The van der Waals surface area contributed by atoms with Crippen LogP contribution in [0.4, 0.5) is 4.79 Å². The SMILES string of the molecule is CN(C)CCCNC(=O)N1CCN(C2CC2)CC1. The molecule has 0 spiro atoms. The third kappa shape index (κ3) is 4.14. The third-order valence-electron chi connectivity index (χ3n) is 3.72. The lowest BCUT2D eigenvalue weighted by Gasteiger charge is -2.34. The van der Waals surface area contributed by atoms with Gasteiger partial charge in [0.15, 0.2) is 0 Å². The Labute approximate surface area is 110 Å². The number of carbonyl (C=O) groups excluding carboxylic acids is 1. The molecule has 2 fully saturated rings. The van der Waals surface area contributed by atoms with Crippen LogP contribution in [0.5, 0.6) is 0 Å². The van der Waals surface area contributed by atoms with Crippen LogP contribution >= 0.6 is 0 Å². The maximum Gasteiger partial charge on any atom is 0.317 e. The highest BCUT2D eigenvalue weighted by atomic mass is 16.2. The molecule has 1 saturated heterocycles. The van der Waals surface area contributed by atoms with Gasteiger partial charge in [-0.05, 0) is 39.9 Å². The van der Waals surface area contributed by atoms with Gasteiger partial charge in [0.05, 0.1) is 0 Å². The van der Waals surface area contributed by atoms with Gasteiger partial charge < -0.3 is 15.1 Å². The Morgan fingerprint density at radius 2 is 1.89 bits per heavy atom. The standard InChI is InChI=1S/C13H26N4O/c1-15(2)7-3-6-14-13(18)17-10-8-16(9-11-17)12-4-5-12/h12H,3-11H2,1-2H3,(H,14,18). The third-order valence-corrected chi connectivity index (χ3v) is 3.72. The van der Waals surface area contributed by atoms with Crippen molar-refractivity contribution in [1.29, 1.82) is 0 Å². The highest BCUT2D eigenvalue weighted by Gasteiger charge is 2.32. The van der Waals surface area contributed by atoms with Crippen LogP contribution in [-0.2, 0) is 0 Å². The van der Waals surface area contributed by atoms with Gasteiger partial charge >= 0.3 is 6.03 Å². The Hall–Kier alpha value is -0.810. The second kappa shape index (κ2) is 6.38. The number of hydrogen-bond donors (Lipinski definition) is 1. The van der Waals surface area contributed by atoms with E-state index in [0.717, 1.165) is 51.7 Å². The molecule has 0 aromatic carbocycles. The van der Waals surface area contributed by atoms with Gasteiger partial charge in [0, 0.05) is 38.8 Å². The summed E-state index contributed by atoms with van der Waals surface area (Å²) in [5.41, 5.74) is 0. The average Bonchev–Trinajstić information content (AvgIpc) is 3.18. The molecule has 0 aromatic rings. The first-order valence-corrected chi connectivity index (χ1v) is 7.08. The van der Waals surface area contributed by atoms with Gasteiger partial charge in [-0.25, -0.2) is 4.79 Å². The minimum absolute atomic E-state index is 0.115. The normalized spacial score (nSPS) is 21.4. The number of rotatable bonds is 5. The van der Waals surface area contributed by atoms with E-state index in [-0.39, 0.29) is 6.03 Å². The molecular weight excluding hydrogens is 228 g/mol. The number of amides is 2. The Balaban J connectivity index is 1.58. The second-order valence-electron chi connectivity index (χ2n) is 5.64. The zero-order chi connectivity index (χ0) is 13.0. The fraction of sp³-hybridized carbons (Fsp3) is 0.923. The quantitative estimate of drug-likeness (QED) is 0.723. The summed E-state index contributed by atoms with van der Waals surface area (Å²) in [5, 5.41) is 3.01. The van der Waals surface area contributed by atoms with Crippen LogP contribution in [0.3, 0.4) is 0 Å². The molecule has 1 heterocycles. The van der Waals surface area contributed by atoms with Crippen molar-refractivity contribution in [2.24, 2.45) is 0 Å². The molecule has 2 amide bonds. The van der Waals surface area contributed by atoms with Crippen LogP contribution < -0.4 is 5.32 Å². The largest absolute Gasteiger partial charge is 0.338 e. The van der Waals surface area contributed by atoms with E-state index in [2.05, 4.69) is 29.2 Å². The van der Waals surface area contributed by atoms with Gasteiger partial charge in [-0.2, -0.15) is 0 Å². The predicted octanol–water partition coefficient (Wildman–Crippen LogP) is 0.428. The minimum atomic E-state index is 0.115. The Morgan fingerprint density at radius 3 is 2.44 bits per heavy atom. The summed E-state index contributed by atoms with van der Waals surface area (Å²) in [6, 6.07) is 0.944. The zero-order valence-corrected chi connectivity index (χ0v) is 11.7. The molecular formula is C13H26N4O. The Kier molecular flexibility index (Phi) is 4.83. The van der Waals surface area contributed by atoms with Crippen molar-refractivity contribution >= 4 is 6.03 Å². The number of piperazine rings is 1. The summed E-state index contributed by atoms with van der Waals surface area (Å²) >= 11 is 0. The van der Waals surface area contributed by atoms with Crippen molar-refractivity contribution < 1.29 is 4.79 Å². The molecule has 1 N–H and O–H groups in total. The van der Waals surface area contributed by atoms with Crippen molar-refractivity contribution in [3.05, 3.63) is 0 Å². The van der Waals surface area contributed by atoms with E-state index in [1.165, 1.54) is 12.8 Å². The summed E-state index contributed by atoms with van der Waals surface area (Å²) in [6.07, 6.45) is 3.73. The molecule has 5 heteroatoms. The van der Waals surface area contributed by atoms with Gasteiger partial charge in [0.2, 0.25) is 0 Å². The molecule has 1 saturated carbocycles. The molecule has 0 atom stereocenters. The van der Waals surface area contributed by atoms with Crippen molar-refractivity contribution in [1.82, 2.24) is 20.0 Å². The molecule has 0 unspecified atom stereocenters. The molecule has 1 aliphatic heterocycles. The minimum Gasteiger partial charge on any atom is -0.338 e. The topological polar surface area (TPSA) is 38.8 Å².